The summed E-state index contributed by atoms with van der Waals surface area (Å²) < 4.78 is 0. The SMILES string of the molecule is NCC(c1ccccc1)C(O)c1ccccc1. The van der Waals surface area contributed by atoms with Crippen molar-refractivity contribution in [1.82, 2.24) is 0 Å². The van der Waals surface area contributed by atoms with Crippen molar-refractivity contribution in [2.24, 2.45) is 5.73 Å². The van der Waals surface area contributed by atoms with Crippen LogP contribution in [0.15, 0.2) is 60.7 Å². The van der Waals surface area contributed by atoms with Crippen molar-refractivity contribution in [3.63, 3.8) is 0 Å². The van der Waals surface area contributed by atoms with Crippen LogP contribution < -0.4 is 5.73 Å². The maximum Gasteiger partial charge on any atom is 0.0870 e. The van der Waals surface area contributed by atoms with E-state index < -0.39 is 6.10 Å². The van der Waals surface area contributed by atoms with Crippen LogP contribution in [0.3, 0.4) is 0 Å². The minimum atomic E-state index is -0.552. The molecule has 2 aromatic rings. The van der Waals surface area contributed by atoms with Crippen LogP contribution in [0.5, 0.6) is 0 Å². The molecule has 0 radical (unpaired) electrons. The Labute approximate surface area is 102 Å². The minimum Gasteiger partial charge on any atom is -0.388 e. The Bertz CT molecular complexity index is 441. The van der Waals surface area contributed by atoms with Crippen LogP contribution >= 0.6 is 0 Å². The van der Waals surface area contributed by atoms with E-state index in [9.17, 15) is 5.11 Å². The third-order valence-corrected chi connectivity index (χ3v) is 3.00. The molecule has 2 nitrogen and oxygen atoms in total. The molecule has 2 atom stereocenters. The molecule has 2 unspecified atom stereocenters. The van der Waals surface area contributed by atoms with Gasteiger partial charge in [-0.15, -0.1) is 0 Å². The highest BCUT2D eigenvalue weighted by molar-refractivity contribution is 5.26. The van der Waals surface area contributed by atoms with Gasteiger partial charge in [0.1, 0.15) is 0 Å². The van der Waals surface area contributed by atoms with Crippen LogP contribution in [-0.4, -0.2) is 11.7 Å². The summed E-state index contributed by atoms with van der Waals surface area (Å²) in [4.78, 5) is 0. The minimum absolute atomic E-state index is 0.0569. The molecule has 3 N–H and O–H groups in total. The third kappa shape index (κ3) is 2.73. The van der Waals surface area contributed by atoms with Crippen molar-refractivity contribution in [2.45, 2.75) is 12.0 Å². The fraction of sp³-hybridized carbons (Fsp3) is 0.200. The molecule has 2 rings (SSSR count). The predicted molar refractivity (Wildman–Crippen MR) is 69.6 cm³/mol. The van der Waals surface area contributed by atoms with Gasteiger partial charge in [-0.25, -0.2) is 0 Å². The average Bonchev–Trinajstić information content (AvgIpc) is 2.42. The first-order valence-electron chi connectivity index (χ1n) is 5.81. The van der Waals surface area contributed by atoms with E-state index in [4.69, 9.17) is 5.73 Å². The Hall–Kier alpha value is -1.64. The molecule has 0 aliphatic carbocycles. The Morgan fingerprint density at radius 1 is 0.824 bits per heavy atom. The molecule has 0 saturated heterocycles. The molecule has 0 aromatic heterocycles. The van der Waals surface area contributed by atoms with Crippen LogP contribution in [0.2, 0.25) is 0 Å². The number of nitrogens with two attached hydrogens (primary N) is 1. The van der Waals surface area contributed by atoms with Gasteiger partial charge >= 0.3 is 0 Å². The number of hydrogen-bond acceptors (Lipinski definition) is 2. The molecule has 2 aromatic carbocycles. The second-order valence-electron chi connectivity index (χ2n) is 4.11. The fourth-order valence-electron chi connectivity index (χ4n) is 2.03. The van der Waals surface area contributed by atoms with Gasteiger partial charge in [-0.05, 0) is 11.1 Å². The van der Waals surface area contributed by atoms with Gasteiger partial charge < -0.3 is 10.8 Å². The zero-order chi connectivity index (χ0) is 12.1. The van der Waals surface area contributed by atoms with Crippen LogP contribution in [0.1, 0.15) is 23.1 Å². The predicted octanol–water partition coefficient (Wildman–Crippen LogP) is 2.46. The number of benzene rings is 2. The lowest BCUT2D eigenvalue weighted by atomic mass is 9.89. The normalized spacial score (nSPS) is 14.2. The van der Waals surface area contributed by atoms with Crippen molar-refractivity contribution < 1.29 is 5.11 Å². The second-order valence-corrected chi connectivity index (χ2v) is 4.11. The van der Waals surface area contributed by atoms with Crippen molar-refractivity contribution in [3.8, 4) is 0 Å². The van der Waals surface area contributed by atoms with Gasteiger partial charge in [0.05, 0.1) is 6.10 Å². The zero-order valence-corrected chi connectivity index (χ0v) is 9.66. The van der Waals surface area contributed by atoms with Crippen LogP contribution in [0, 0.1) is 0 Å². The fourth-order valence-corrected chi connectivity index (χ4v) is 2.03. The van der Waals surface area contributed by atoms with E-state index in [1.54, 1.807) is 0 Å². The topological polar surface area (TPSA) is 46.2 Å². The highest BCUT2D eigenvalue weighted by Crippen LogP contribution is 2.29. The smallest absolute Gasteiger partial charge is 0.0870 e. The molecule has 0 saturated carbocycles. The summed E-state index contributed by atoms with van der Waals surface area (Å²) in [6.45, 7) is 0.431. The molecule has 88 valence electrons. The number of aliphatic hydroxyl groups excluding tert-OH is 1. The molecule has 17 heavy (non-hydrogen) atoms. The first-order valence-corrected chi connectivity index (χ1v) is 5.81. The lowest BCUT2D eigenvalue weighted by Crippen LogP contribution is -2.20. The van der Waals surface area contributed by atoms with Gasteiger partial charge in [0.25, 0.3) is 0 Å². The molecular weight excluding hydrogens is 210 g/mol. The summed E-state index contributed by atoms with van der Waals surface area (Å²) >= 11 is 0. The van der Waals surface area contributed by atoms with E-state index in [2.05, 4.69) is 0 Å². The first kappa shape index (κ1) is 11.8. The summed E-state index contributed by atoms with van der Waals surface area (Å²) in [6, 6.07) is 19.6. The largest absolute Gasteiger partial charge is 0.388 e. The molecule has 0 spiro atoms. The molecule has 0 aliphatic heterocycles. The van der Waals surface area contributed by atoms with Crippen LogP contribution in [0.25, 0.3) is 0 Å². The maximum absolute atomic E-state index is 10.4. The second kappa shape index (κ2) is 5.62. The van der Waals surface area contributed by atoms with E-state index >= 15 is 0 Å². The maximum atomic E-state index is 10.4. The van der Waals surface area contributed by atoms with Crippen LogP contribution in [-0.2, 0) is 0 Å². The summed E-state index contributed by atoms with van der Waals surface area (Å²) in [5.74, 6) is -0.0569. The summed E-state index contributed by atoms with van der Waals surface area (Å²) in [5, 5.41) is 10.4. The lowest BCUT2D eigenvalue weighted by Gasteiger charge is -2.22. The Kier molecular flexibility index (Phi) is 3.91. The Balaban J connectivity index is 2.25. The quantitative estimate of drug-likeness (QED) is 0.842. The van der Waals surface area contributed by atoms with Crippen LogP contribution in [0.4, 0.5) is 0 Å². The molecule has 0 fully saturated rings. The van der Waals surface area contributed by atoms with E-state index in [0.717, 1.165) is 11.1 Å². The zero-order valence-electron chi connectivity index (χ0n) is 9.66. The highest BCUT2D eigenvalue weighted by Gasteiger charge is 2.20. The molecule has 0 aliphatic rings. The number of hydrogen-bond donors (Lipinski definition) is 2. The van der Waals surface area contributed by atoms with Gasteiger partial charge in [-0.2, -0.15) is 0 Å². The van der Waals surface area contributed by atoms with Crippen molar-refractivity contribution in [1.29, 1.82) is 0 Å². The number of rotatable bonds is 4. The van der Waals surface area contributed by atoms with Gasteiger partial charge in [0.2, 0.25) is 0 Å². The monoisotopic (exact) mass is 227 g/mol. The highest BCUT2D eigenvalue weighted by atomic mass is 16.3. The Morgan fingerprint density at radius 3 is 1.76 bits per heavy atom. The van der Waals surface area contributed by atoms with Crippen molar-refractivity contribution in [2.75, 3.05) is 6.54 Å². The molecule has 0 bridgehead atoms. The van der Waals surface area contributed by atoms with Gasteiger partial charge in [0, 0.05) is 12.5 Å². The van der Waals surface area contributed by atoms with Gasteiger partial charge in [-0.3, -0.25) is 0 Å². The molecule has 0 amide bonds. The summed E-state index contributed by atoms with van der Waals surface area (Å²) in [6.07, 6.45) is -0.552. The lowest BCUT2D eigenvalue weighted by molar-refractivity contribution is 0.147. The Morgan fingerprint density at radius 2 is 1.29 bits per heavy atom. The average molecular weight is 227 g/mol. The van der Waals surface area contributed by atoms with Crippen molar-refractivity contribution in [3.05, 3.63) is 71.8 Å². The first-order chi connectivity index (χ1) is 8.33. The standard InChI is InChI=1S/C15H17NO/c16-11-14(12-7-3-1-4-8-12)15(17)13-9-5-2-6-10-13/h1-10,14-15,17H,11,16H2. The van der Waals surface area contributed by atoms with E-state index in [-0.39, 0.29) is 5.92 Å². The van der Waals surface area contributed by atoms with E-state index in [1.807, 2.05) is 60.7 Å². The third-order valence-electron chi connectivity index (χ3n) is 3.00. The van der Waals surface area contributed by atoms with Gasteiger partial charge in [-0.1, -0.05) is 60.7 Å². The van der Waals surface area contributed by atoms with Gasteiger partial charge in [0.15, 0.2) is 0 Å². The summed E-state index contributed by atoms with van der Waals surface area (Å²) in [7, 11) is 0. The number of aliphatic hydroxyl groups is 1. The summed E-state index contributed by atoms with van der Waals surface area (Å²) in [5.41, 5.74) is 7.77. The molecular formula is C15H17NO. The molecule has 0 heterocycles. The van der Waals surface area contributed by atoms with Crippen molar-refractivity contribution >= 4 is 0 Å². The van der Waals surface area contributed by atoms with E-state index in [1.165, 1.54) is 0 Å². The van der Waals surface area contributed by atoms with E-state index in [0.29, 0.717) is 6.54 Å². The molecule has 2 heteroatoms.